The summed E-state index contributed by atoms with van der Waals surface area (Å²) in [7, 11) is 0. The lowest BCUT2D eigenvalue weighted by Crippen LogP contribution is -2.04. The van der Waals surface area contributed by atoms with Crippen molar-refractivity contribution in [2.24, 2.45) is 5.73 Å². The fourth-order valence-electron chi connectivity index (χ4n) is 1.51. The normalized spacial score (nSPS) is 10.4. The van der Waals surface area contributed by atoms with Crippen LogP contribution < -0.4 is 5.73 Å². The molecule has 1 rings (SSSR count). The largest absolute Gasteiger partial charge is 0.330 e. The summed E-state index contributed by atoms with van der Waals surface area (Å²) in [4.78, 5) is 15.6. The smallest absolute Gasteiger partial charge is 0.137 e. The number of nitrogens with two attached hydrogens (primary N) is 1. The zero-order valence-electron chi connectivity index (χ0n) is 9.29. The topological polar surface area (TPSA) is 56.0 Å². The number of carbonyl (C=O) groups is 1. The minimum atomic E-state index is 0.275. The highest BCUT2D eigenvalue weighted by molar-refractivity contribution is 9.10. The van der Waals surface area contributed by atoms with Gasteiger partial charge < -0.3 is 5.73 Å². The molecular weight excluding hydrogens is 268 g/mol. The van der Waals surface area contributed by atoms with Crippen molar-refractivity contribution >= 4 is 21.7 Å². The lowest BCUT2D eigenvalue weighted by atomic mass is 10.1. The number of nitrogens with zero attached hydrogens (tertiary/aromatic N) is 1. The number of unbranched alkanes of at least 4 members (excludes halogenated alkanes) is 2. The van der Waals surface area contributed by atoms with Gasteiger partial charge in [-0.15, -0.1) is 0 Å². The van der Waals surface area contributed by atoms with Crippen molar-refractivity contribution in [2.45, 2.75) is 32.1 Å². The molecule has 0 saturated carbocycles. The number of hydrogen-bond donors (Lipinski definition) is 1. The quantitative estimate of drug-likeness (QED) is 0.783. The second-order valence-corrected chi connectivity index (χ2v) is 4.74. The highest BCUT2D eigenvalue weighted by atomic mass is 79.9. The molecule has 0 saturated heterocycles. The zero-order valence-corrected chi connectivity index (χ0v) is 10.9. The van der Waals surface area contributed by atoms with Crippen LogP contribution in [0.5, 0.6) is 0 Å². The number of pyridine rings is 1. The summed E-state index contributed by atoms with van der Waals surface area (Å²) in [6.45, 7) is 0.712. The zero-order chi connectivity index (χ0) is 11.8. The molecule has 88 valence electrons. The van der Waals surface area contributed by atoms with Crippen LogP contribution in [0.2, 0.25) is 0 Å². The van der Waals surface area contributed by atoms with Gasteiger partial charge in [-0.25, -0.2) is 0 Å². The van der Waals surface area contributed by atoms with E-state index in [1.807, 2.05) is 6.07 Å². The van der Waals surface area contributed by atoms with Crippen LogP contribution in [0.1, 0.15) is 31.2 Å². The van der Waals surface area contributed by atoms with E-state index in [9.17, 15) is 4.79 Å². The van der Waals surface area contributed by atoms with Crippen molar-refractivity contribution in [3.63, 3.8) is 0 Å². The van der Waals surface area contributed by atoms with E-state index in [1.165, 1.54) is 0 Å². The van der Waals surface area contributed by atoms with Crippen LogP contribution in [0.15, 0.2) is 22.9 Å². The molecule has 3 nitrogen and oxygen atoms in total. The van der Waals surface area contributed by atoms with Crippen LogP contribution in [0.25, 0.3) is 0 Å². The molecule has 0 bridgehead atoms. The van der Waals surface area contributed by atoms with Gasteiger partial charge in [0.15, 0.2) is 0 Å². The Hall–Kier alpha value is -0.740. The van der Waals surface area contributed by atoms with Gasteiger partial charge in [0.05, 0.1) is 0 Å². The van der Waals surface area contributed by atoms with Crippen molar-refractivity contribution < 1.29 is 4.79 Å². The third kappa shape index (κ3) is 5.37. The Morgan fingerprint density at radius 1 is 1.31 bits per heavy atom. The maximum Gasteiger partial charge on any atom is 0.137 e. The molecule has 0 atom stereocenters. The predicted molar refractivity (Wildman–Crippen MR) is 68.2 cm³/mol. The maximum atomic E-state index is 11.6. The van der Waals surface area contributed by atoms with Gasteiger partial charge in [-0.2, -0.15) is 0 Å². The standard InChI is InChI=1S/C12H17BrN2O/c13-11-6-10(8-15-9-11)7-12(16)4-2-1-3-5-14/h6,8-9H,1-5,7,14H2. The van der Waals surface area contributed by atoms with Crippen LogP contribution in [0, 0.1) is 0 Å². The average molecular weight is 285 g/mol. The number of rotatable bonds is 7. The molecule has 0 aliphatic carbocycles. The Morgan fingerprint density at radius 3 is 2.81 bits per heavy atom. The lowest BCUT2D eigenvalue weighted by molar-refractivity contribution is -0.118. The number of ketones is 1. The van der Waals surface area contributed by atoms with E-state index in [-0.39, 0.29) is 5.78 Å². The van der Waals surface area contributed by atoms with Gasteiger partial charge in [0.1, 0.15) is 5.78 Å². The third-order valence-electron chi connectivity index (χ3n) is 2.32. The van der Waals surface area contributed by atoms with Crippen molar-refractivity contribution in [3.05, 3.63) is 28.5 Å². The Labute approximate surface area is 105 Å². The van der Waals surface area contributed by atoms with E-state index in [1.54, 1.807) is 12.4 Å². The summed E-state index contributed by atoms with van der Waals surface area (Å²) < 4.78 is 0.918. The highest BCUT2D eigenvalue weighted by Gasteiger charge is 2.04. The van der Waals surface area contributed by atoms with Crippen LogP contribution >= 0.6 is 15.9 Å². The van der Waals surface area contributed by atoms with Gasteiger partial charge in [0.2, 0.25) is 0 Å². The van der Waals surface area contributed by atoms with Gasteiger partial charge >= 0.3 is 0 Å². The molecular formula is C12H17BrN2O. The monoisotopic (exact) mass is 284 g/mol. The molecule has 0 aliphatic rings. The van der Waals surface area contributed by atoms with E-state index in [0.717, 1.165) is 29.3 Å². The minimum Gasteiger partial charge on any atom is -0.330 e. The molecule has 0 radical (unpaired) electrons. The number of aromatic nitrogens is 1. The number of Topliss-reactive ketones (excluding diaryl/α,β-unsaturated/α-hetero) is 1. The van der Waals surface area contributed by atoms with Gasteiger partial charge in [0, 0.05) is 29.7 Å². The van der Waals surface area contributed by atoms with Crippen LogP contribution in [0.3, 0.4) is 0 Å². The molecule has 1 aromatic heterocycles. The van der Waals surface area contributed by atoms with Gasteiger partial charge in [-0.05, 0) is 46.9 Å². The molecule has 2 N–H and O–H groups in total. The van der Waals surface area contributed by atoms with E-state index in [0.29, 0.717) is 19.4 Å². The van der Waals surface area contributed by atoms with Gasteiger partial charge in [0.25, 0.3) is 0 Å². The Balaban J connectivity index is 2.29. The molecule has 16 heavy (non-hydrogen) atoms. The molecule has 0 spiro atoms. The predicted octanol–water partition coefficient (Wildman–Crippen LogP) is 2.47. The summed E-state index contributed by atoms with van der Waals surface area (Å²) in [5.41, 5.74) is 6.36. The van der Waals surface area contributed by atoms with E-state index in [2.05, 4.69) is 20.9 Å². The van der Waals surface area contributed by atoms with Crippen LogP contribution in [-0.2, 0) is 11.2 Å². The molecule has 1 aromatic rings. The van der Waals surface area contributed by atoms with E-state index >= 15 is 0 Å². The molecule has 0 aromatic carbocycles. The SMILES string of the molecule is NCCCCCC(=O)Cc1cncc(Br)c1. The number of hydrogen-bond acceptors (Lipinski definition) is 3. The second kappa shape index (κ2) is 7.52. The van der Waals surface area contributed by atoms with E-state index < -0.39 is 0 Å². The summed E-state index contributed by atoms with van der Waals surface area (Å²) in [5, 5.41) is 0. The first-order valence-corrected chi connectivity index (χ1v) is 6.33. The maximum absolute atomic E-state index is 11.6. The summed E-state index contributed by atoms with van der Waals surface area (Å²) in [5.74, 6) is 0.275. The fraction of sp³-hybridized carbons (Fsp3) is 0.500. The Morgan fingerprint density at radius 2 is 2.12 bits per heavy atom. The summed E-state index contributed by atoms with van der Waals surface area (Å²) >= 11 is 3.34. The minimum absolute atomic E-state index is 0.275. The van der Waals surface area contributed by atoms with Crippen LogP contribution in [-0.4, -0.2) is 17.3 Å². The molecule has 0 amide bonds. The Bertz CT molecular complexity index is 342. The van der Waals surface area contributed by atoms with Crippen molar-refractivity contribution in [1.29, 1.82) is 0 Å². The number of carbonyl (C=O) groups excluding carboxylic acids is 1. The first-order valence-electron chi connectivity index (χ1n) is 5.53. The van der Waals surface area contributed by atoms with Gasteiger partial charge in [-0.3, -0.25) is 9.78 Å². The first-order chi connectivity index (χ1) is 7.72. The number of halogens is 1. The fourth-order valence-corrected chi connectivity index (χ4v) is 1.92. The molecule has 4 heteroatoms. The average Bonchev–Trinajstić information content (AvgIpc) is 2.24. The molecule has 0 fully saturated rings. The summed E-state index contributed by atoms with van der Waals surface area (Å²) in [6.07, 6.45) is 7.57. The lowest BCUT2D eigenvalue weighted by Gasteiger charge is -2.01. The third-order valence-corrected chi connectivity index (χ3v) is 2.76. The molecule has 0 aliphatic heterocycles. The van der Waals surface area contributed by atoms with Crippen molar-refractivity contribution in [3.8, 4) is 0 Å². The molecule has 1 heterocycles. The van der Waals surface area contributed by atoms with Crippen LogP contribution in [0.4, 0.5) is 0 Å². The highest BCUT2D eigenvalue weighted by Crippen LogP contribution is 2.11. The van der Waals surface area contributed by atoms with Gasteiger partial charge in [-0.1, -0.05) is 6.42 Å². The second-order valence-electron chi connectivity index (χ2n) is 3.83. The van der Waals surface area contributed by atoms with Crippen molar-refractivity contribution in [1.82, 2.24) is 4.98 Å². The summed E-state index contributed by atoms with van der Waals surface area (Å²) in [6, 6.07) is 1.94. The van der Waals surface area contributed by atoms with E-state index in [4.69, 9.17) is 5.73 Å². The van der Waals surface area contributed by atoms with Crippen molar-refractivity contribution in [2.75, 3.05) is 6.54 Å². The first kappa shape index (κ1) is 13.3. The Kier molecular flexibility index (Phi) is 6.26. The molecule has 0 unspecified atom stereocenters.